The van der Waals surface area contributed by atoms with E-state index in [9.17, 15) is 9.59 Å². The molecule has 0 bridgehead atoms. The van der Waals surface area contributed by atoms with E-state index in [0.29, 0.717) is 0 Å². The summed E-state index contributed by atoms with van der Waals surface area (Å²) < 4.78 is 9.36. The Morgan fingerprint density at radius 3 is 2.00 bits per heavy atom. The van der Waals surface area contributed by atoms with Gasteiger partial charge < -0.3 is 19.7 Å². The standard InChI is InChI=1S/C7H12O6/c1-12-4-13-5(2-6(8)9)3-7(10)11/h5H,2-4H2,1H3,(H,8,9)(H,10,11). The van der Waals surface area contributed by atoms with Crippen molar-refractivity contribution in [3.8, 4) is 0 Å². The quantitative estimate of drug-likeness (QED) is 0.548. The Labute approximate surface area is 75.1 Å². The lowest BCUT2D eigenvalue weighted by Crippen LogP contribution is -2.22. The van der Waals surface area contributed by atoms with E-state index in [1.54, 1.807) is 0 Å². The molecule has 0 aromatic rings. The molecule has 0 aliphatic carbocycles. The summed E-state index contributed by atoms with van der Waals surface area (Å²) in [6, 6.07) is 0. The zero-order valence-electron chi connectivity index (χ0n) is 7.23. The highest BCUT2D eigenvalue weighted by atomic mass is 16.7. The topological polar surface area (TPSA) is 93.1 Å². The van der Waals surface area contributed by atoms with Crippen LogP contribution in [0, 0.1) is 0 Å². The van der Waals surface area contributed by atoms with Gasteiger partial charge in [-0.05, 0) is 0 Å². The number of carboxylic acid groups (broad SMARTS) is 2. The summed E-state index contributed by atoms with van der Waals surface area (Å²) >= 11 is 0. The number of rotatable bonds is 7. The second-order valence-corrected chi connectivity index (χ2v) is 2.39. The number of carboxylic acids is 2. The fraction of sp³-hybridized carbons (Fsp3) is 0.714. The average Bonchev–Trinajstić information content (AvgIpc) is 1.98. The molecule has 0 fully saturated rings. The summed E-state index contributed by atoms with van der Waals surface area (Å²) in [5, 5.41) is 16.8. The minimum absolute atomic E-state index is 0.106. The fourth-order valence-electron chi connectivity index (χ4n) is 0.744. The van der Waals surface area contributed by atoms with E-state index >= 15 is 0 Å². The number of hydrogen-bond donors (Lipinski definition) is 2. The predicted molar refractivity (Wildman–Crippen MR) is 41.3 cm³/mol. The van der Waals surface area contributed by atoms with Gasteiger partial charge in [0.25, 0.3) is 0 Å². The van der Waals surface area contributed by atoms with Gasteiger partial charge in [-0.15, -0.1) is 0 Å². The summed E-state index contributed by atoms with van der Waals surface area (Å²) in [5.74, 6) is -2.19. The molecule has 0 amide bonds. The lowest BCUT2D eigenvalue weighted by molar-refractivity contribution is -0.149. The van der Waals surface area contributed by atoms with Gasteiger partial charge in [0, 0.05) is 7.11 Å². The molecule has 0 aliphatic heterocycles. The molecule has 76 valence electrons. The maximum Gasteiger partial charge on any atom is 0.305 e. The summed E-state index contributed by atoms with van der Waals surface area (Å²) in [7, 11) is 1.37. The van der Waals surface area contributed by atoms with Crippen LogP contribution in [-0.2, 0) is 19.1 Å². The molecule has 0 aliphatic rings. The molecule has 0 unspecified atom stereocenters. The van der Waals surface area contributed by atoms with Crippen molar-refractivity contribution in [1.29, 1.82) is 0 Å². The zero-order chi connectivity index (χ0) is 10.3. The number of hydrogen-bond acceptors (Lipinski definition) is 4. The van der Waals surface area contributed by atoms with Crippen LogP contribution >= 0.6 is 0 Å². The van der Waals surface area contributed by atoms with Gasteiger partial charge in [0.2, 0.25) is 0 Å². The van der Waals surface area contributed by atoms with Crippen LogP contribution in [0.5, 0.6) is 0 Å². The molecule has 0 spiro atoms. The van der Waals surface area contributed by atoms with Gasteiger partial charge in [0.15, 0.2) is 0 Å². The highest BCUT2D eigenvalue weighted by Crippen LogP contribution is 2.04. The van der Waals surface area contributed by atoms with Gasteiger partial charge in [-0.25, -0.2) is 0 Å². The third kappa shape index (κ3) is 7.23. The monoisotopic (exact) mass is 192 g/mol. The summed E-state index contributed by atoms with van der Waals surface area (Å²) in [5.41, 5.74) is 0. The van der Waals surface area contributed by atoms with Crippen LogP contribution in [0.3, 0.4) is 0 Å². The highest BCUT2D eigenvalue weighted by molar-refractivity contribution is 5.71. The van der Waals surface area contributed by atoms with Gasteiger partial charge in [-0.1, -0.05) is 0 Å². The molecular weight excluding hydrogens is 180 g/mol. The van der Waals surface area contributed by atoms with Gasteiger partial charge in [0.1, 0.15) is 6.79 Å². The van der Waals surface area contributed by atoms with E-state index in [1.165, 1.54) is 7.11 Å². The first kappa shape index (κ1) is 11.9. The Morgan fingerprint density at radius 2 is 1.69 bits per heavy atom. The third-order valence-corrected chi connectivity index (χ3v) is 1.23. The molecular formula is C7H12O6. The van der Waals surface area contributed by atoms with Crippen LogP contribution in [-0.4, -0.2) is 42.2 Å². The Bertz CT molecular complexity index is 162. The molecule has 0 saturated carbocycles. The molecule has 13 heavy (non-hydrogen) atoms. The SMILES string of the molecule is COCOC(CC(=O)O)CC(=O)O. The minimum atomic E-state index is -1.10. The van der Waals surface area contributed by atoms with E-state index in [2.05, 4.69) is 4.74 Å². The normalized spacial score (nSPS) is 10.3. The van der Waals surface area contributed by atoms with Crippen molar-refractivity contribution in [2.24, 2.45) is 0 Å². The van der Waals surface area contributed by atoms with Crippen LogP contribution < -0.4 is 0 Å². The van der Waals surface area contributed by atoms with Crippen LogP contribution in [0.4, 0.5) is 0 Å². The molecule has 0 heterocycles. The van der Waals surface area contributed by atoms with Gasteiger partial charge in [-0.2, -0.15) is 0 Å². The van der Waals surface area contributed by atoms with Crippen molar-refractivity contribution < 1.29 is 29.3 Å². The van der Waals surface area contributed by atoms with Crippen LogP contribution in [0.25, 0.3) is 0 Å². The first-order valence-electron chi connectivity index (χ1n) is 3.60. The van der Waals surface area contributed by atoms with Crippen LogP contribution in [0.1, 0.15) is 12.8 Å². The Hall–Kier alpha value is -1.14. The summed E-state index contributed by atoms with van der Waals surface area (Å²) in [6.45, 7) is -0.106. The number of ether oxygens (including phenoxy) is 2. The number of aliphatic carboxylic acids is 2. The van der Waals surface area contributed by atoms with Crippen LogP contribution in [0.15, 0.2) is 0 Å². The second-order valence-electron chi connectivity index (χ2n) is 2.39. The maximum absolute atomic E-state index is 10.2. The highest BCUT2D eigenvalue weighted by Gasteiger charge is 2.17. The summed E-state index contributed by atoms with van der Waals surface area (Å²) in [4.78, 5) is 20.5. The minimum Gasteiger partial charge on any atom is -0.481 e. The van der Waals surface area contributed by atoms with E-state index in [-0.39, 0.29) is 19.6 Å². The van der Waals surface area contributed by atoms with Crippen LogP contribution in [0.2, 0.25) is 0 Å². The molecule has 6 heteroatoms. The first-order chi connectivity index (χ1) is 6.06. The Kier molecular flexibility index (Phi) is 5.82. The molecule has 0 aromatic carbocycles. The van der Waals surface area contributed by atoms with Crippen molar-refractivity contribution in [3.63, 3.8) is 0 Å². The van der Waals surface area contributed by atoms with Crippen molar-refractivity contribution in [1.82, 2.24) is 0 Å². The molecule has 6 nitrogen and oxygen atoms in total. The zero-order valence-corrected chi connectivity index (χ0v) is 7.23. The van der Waals surface area contributed by atoms with E-state index in [0.717, 1.165) is 0 Å². The van der Waals surface area contributed by atoms with Crippen molar-refractivity contribution in [2.75, 3.05) is 13.9 Å². The average molecular weight is 192 g/mol. The lowest BCUT2D eigenvalue weighted by atomic mass is 10.2. The Morgan fingerprint density at radius 1 is 1.23 bits per heavy atom. The molecule has 0 atom stereocenters. The third-order valence-electron chi connectivity index (χ3n) is 1.23. The summed E-state index contributed by atoms with van der Waals surface area (Å²) in [6.07, 6.45) is -1.51. The maximum atomic E-state index is 10.2. The van der Waals surface area contributed by atoms with Gasteiger partial charge >= 0.3 is 11.9 Å². The second kappa shape index (κ2) is 6.38. The van der Waals surface area contributed by atoms with E-state index < -0.39 is 18.0 Å². The molecule has 2 N–H and O–H groups in total. The first-order valence-corrected chi connectivity index (χ1v) is 3.60. The molecule has 0 aromatic heterocycles. The smallest absolute Gasteiger partial charge is 0.305 e. The predicted octanol–water partition coefficient (Wildman–Crippen LogP) is -0.0751. The molecule has 0 saturated heterocycles. The Balaban J connectivity index is 3.87. The largest absolute Gasteiger partial charge is 0.481 e. The van der Waals surface area contributed by atoms with Crippen molar-refractivity contribution in [2.45, 2.75) is 18.9 Å². The number of carbonyl (C=O) groups is 2. The van der Waals surface area contributed by atoms with E-state index in [4.69, 9.17) is 14.9 Å². The lowest BCUT2D eigenvalue weighted by Gasteiger charge is -2.12. The molecule has 0 rings (SSSR count). The van der Waals surface area contributed by atoms with E-state index in [1.807, 2.05) is 0 Å². The van der Waals surface area contributed by atoms with Gasteiger partial charge in [0.05, 0.1) is 18.9 Å². The van der Waals surface area contributed by atoms with Crippen molar-refractivity contribution >= 4 is 11.9 Å². The van der Waals surface area contributed by atoms with Gasteiger partial charge in [-0.3, -0.25) is 9.59 Å². The van der Waals surface area contributed by atoms with Crippen molar-refractivity contribution in [3.05, 3.63) is 0 Å². The number of methoxy groups -OCH3 is 1. The fourth-order valence-corrected chi connectivity index (χ4v) is 0.744. The molecule has 0 radical (unpaired) electrons.